The maximum atomic E-state index is 13.2. The Labute approximate surface area is 364 Å². The highest BCUT2D eigenvalue weighted by Crippen LogP contribution is 2.25. The molecule has 64 heavy (non-hydrogen) atoms. The van der Waals surface area contributed by atoms with Gasteiger partial charge in [0.25, 0.3) is 5.91 Å². The molecule has 1 aliphatic rings. The van der Waals surface area contributed by atoms with E-state index in [1.54, 1.807) is 30.3 Å². The van der Waals surface area contributed by atoms with E-state index < -0.39 is 140 Å². The molecule has 0 aliphatic carbocycles. The first-order valence-electron chi connectivity index (χ1n) is 19.4. The summed E-state index contributed by atoms with van der Waals surface area (Å²) in [5, 5.41) is 100. The number of esters is 2. The average molecular weight is 912 g/mol. The number of nitrogens with two attached hydrogens (primary N) is 1. The van der Waals surface area contributed by atoms with E-state index in [4.69, 9.17) is 24.7 Å². The van der Waals surface area contributed by atoms with Crippen molar-refractivity contribution in [2.24, 2.45) is 5.73 Å². The Morgan fingerprint density at radius 2 is 1.30 bits per heavy atom. The van der Waals surface area contributed by atoms with Gasteiger partial charge in [-0.05, 0) is 37.1 Å². The summed E-state index contributed by atoms with van der Waals surface area (Å²) in [5.41, 5.74) is 6.49. The van der Waals surface area contributed by atoms with Gasteiger partial charge in [0, 0.05) is 5.69 Å². The smallest absolute Gasteiger partial charge is 0.417 e. The number of amides is 5. The molecule has 2 aromatic rings. The second-order valence-corrected chi connectivity index (χ2v) is 14.5. The van der Waals surface area contributed by atoms with Crippen LogP contribution in [0.4, 0.5) is 5.69 Å². The van der Waals surface area contributed by atoms with Crippen molar-refractivity contribution in [2.75, 3.05) is 18.5 Å². The number of primary amides is 1. The first-order valence-corrected chi connectivity index (χ1v) is 19.4. The third kappa shape index (κ3) is 15.2. The first-order chi connectivity index (χ1) is 30.2. The first kappa shape index (κ1) is 52.6. The largest absolute Gasteiger partial charge is 0.452 e. The van der Waals surface area contributed by atoms with Crippen molar-refractivity contribution in [3.63, 3.8) is 0 Å². The van der Waals surface area contributed by atoms with Gasteiger partial charge >= 0.3 is 11.9 Å². The number of anilines is 1. The zero-order valence-electron chi connectivity index (χ0n) is 34.3. The molecule has 1 fully saturated rings. The summed E-state index contributed by atoms with van der Waals surface area (Å²) in [6.45, 7) is -0.388. The molecule has 354 valence electrons. The van der Waals surface area contributed by atoms with Crippen LogP contribution in [0, 0.1) is 0 Å². The molecule has 25 nitrogen and oxygen atoms in total. The van der Waals surface area contributed by atoms with E-state index in [2.05, 4.69) is 16.0 Å². The van der Waals surface area contributed by atoms with Gasteiger partial charge in [0.15, 0.2) is 12.4 Å². The van der Waals surface area contributed by atoms with Gasteiger partial charge in [-0.1, -0.05) is 42.5 Å². The minimum absolute atomic E-state index is 0.140. The summed E-state index contributed by atoms with van der Waals surface area (Å²) in [5.74, 6) is -8.28. The molecule has 13 atom stereocenters. The summed E-state index contributed by atoms with van der Waals surface area (Å²) in [4.78, 5) is 88.3. The Kier molecular flexibility index (Phi) is 20.5. The van der Waals surface area contributed by atoms with Crippen molar-refractivity contribution in [2.45, 2.75) is 113 Å². The van der Waals surface area contributed by atoms with Gasteiger partial charge in [0.05, 0.1) is 25.7 Å². The van der Waals surface area contributed by atoms with Gasteiger partial charge in [-0.3, -0.25) is 24.0 Å². The van der Waals surface area contributed by atoms with E-state index in [9.17, 15) is 79.5 Å². The van der Waals surface area contributed by atoms with Crippen LogP contribution in [0.2, 0.25) is 0 Å². The summed E-state index contributed by atoms with van der Waals surface area (Å²) in [7, 11) is 0. The highest BCUT2D eigenvalue weighted by Gasteiger charge is 2.47. The van der Waals surface area contributed by atoms with E-state index in [1.165, 1.54) is 24.3 Å². The molecule has 0 radical (unpaired) electrons. The van der Waals surface area contributed by atoms with Gasteiger partial charge in [-0.25, -0.2) is 9.59 Å². The monoisotopic (exact) mass is 911 g/mol. The van der Waals surface area contributed by atoms with E-state index >= 15 is 0 Å². The summed E-state index contributed by atoms with van der Waals surface area (Å²) >= 11 is 0. The maximum Gasteiger partial charge on any atom is 0.417 e. The van der Waals surface area contributed by atoms with Crippen molar-refractivity contribution in [1.29, 1.82) is 0 Å². The van der Waals surface area contributed by atoms with Crippen molar-refractivity contribution in [3.05, 3.63) is 65.7 Å². The molecule has 5 amide bonds. The normalized spacial score (nSPS) is 22.1. The van der Waals surface area contributed by atoms with E-state index in [1.807, 2.05) is 5.32 Å². The minimum Gasteiger partial charge on any atom is -0.452 e. The van der Waals surface area contributed by atoms with Crippen LogP contribution in [-0.2, 0) is 65.7 Å². The molecule has 15 N–H and O–H groups in total. The molecule has 0 aromatic heterocycles. The van der Waals surface area contributed by atoms with Gasteiger partial charge in [-0.2, -0.15) is 0 Å². The number of hydrogen-bond acceptors (Lipinski definition) is 20. The number of carbonyl (C=O) groups excluding carboxylic acids is 7. The van der Waals surface area contributed by atoms with Gasteiger partial charge in [0.1, 0.15) is 74.1 Å². The molecule has 2 aromatic carbocycles. The number of carbonyl (C=O) groups is 7. The zero-order valence-corrected chi connectivity index (χ0v) is 34.3. The third-order valence-electron chi connectivity index (χ3n) is 9.46. The number of hydrogen-bond donors (Lipinski definition) is 14. The fourth-order valence-corrected chi connectivity index (χ4v) is 5.80. The second kappa shape index (κ2) is 25.0. The van der Waals surface area contributed by atoms with Crippen LogP contribution < -0.4 is 27.0 Å². The van der Waals surface area contributed by atoms with Crippen molar-refractivity contribution in [3.8, 4) is 0 Å². The van der Waals surface area contributed by atoms with Crippen LogP contribution in [0.1, 0.15) is 31.4 Å². The van der Waals surface area contributed by atoms with Crippen molar-refractivity contribution in [1.82, 2.24) is 16.0 Å². The van der Waals surface area contributed by atoms with E-state index in [0.717, 1.165) is 13.8 Å². The molecule has 0 saturated carbocycles. The predicted molar refractivity (Wildman–Crippen MR) is 212 cm³/mol. The van der Waals surface area contributed by atoms with Crippen LogP contribution in [0.3, 0.4) is 0 Å². The molecule has 4 unspecified atom stereocenters. The summed E-state index contributed by atoms with van der Waals surface area (Å²) in [6, 6.07) is 9.14. The Morgan fingerprint density at radius 3 is 1.83 bits per heavy atom. The molecule has 1 aliphatic heterocycles. The Hall–Kier alpha value is -5.71. The maximum absolute atomic E-state index is 13.2. The molecular weight excluding hydrogens is 858 g/mol. The van der Waals surface area contributed by atoms with Crippen LogP contribution in [0.15, 0.2) is 54.6 Å². The summed E-state index contributed by atoms with van der Waals surface area (Å²) < 4.78 is 20.3. The molecule has 3 rings (SSSR count). The lowest BCUT2D eigenvalue weighted by molar-refractivity contribution is -0.326. The lowest BCUT2D eigenvalue weighted by atomic mass is 9.98. The highest BCUT2D eigenvalue weighted by atomic mass is 16.7. The Balaban J connectivity index is 1.58. The number of benzene rings is 2. The molecule has 25 heteroatoms. The standard InChI is InChI=1S/C39H53N5O20/c1-17(41-35(57)26(18(2)47)44-36(58)30(53)29(52)32(23(48)13-45)64-39-31(54)28(51)27(50)24(14-46)63-39)33(55)43-22(12-25(40)49)34(56)42-21-10-8-20(9-11-21)16-62-38(60)37(59)61-15-19-6-4-3-5-7-19/h3-11,17-18,22-24,26-32,39,45-48,50-54H,12-16H2,1-2H3,(H2,40,49)(H,41,57)(H,42,56)(H,43,55)(H,44,58)/t17?,18?,22?,23-,24-,26?,27+,28+,29+,30-,31-,32+,39+/m1/s1. The van der Waals surface area contributed by atoms with E-state index in [0.29, 0.717) is 11.1 Å². The van der Waals surface area contributed by atoms with E-state index in [-0.39, 0.29) is 18.9 Å². The van der Waals surface area contributed by atoms with Gasteiger partial charge in [-0.15, -0.1) is 0 Å². The fourth-order valence-electron chi connectivity index (χ4n) is 5.80. The van der Waals surface area contributed by atoms with Gasteiger partial charge < -0.3 is 91.9 Å². The van der Waals surface area contributed by atoms with Crippen LogP contribution in [-0.4, -0.2) is 180 Å². The molecule has 0 spiro atoms. The zero-order chi connectivity index (χ0) is 47.8. The highest BCUT2D eigenvalue weighted by molar-refractivity contribution is 6.29. The quantitative estimate of drug-likeness (QED) is 0.0386. The number of aliphatic hydroxyl groups is 9. The topological polar surface area (TPSA) is 413 Å². The number of aliphatic hydroxyl groups excluding tert-OH is 9. The molecule has 1 saturated heterocycles. The molecule has 1 heterocycles. The fraction of sp³-hybridized carbons (Fsp3) is 0.513. The molecule has 0 bridgehead atoms. The van der Waals surface area contributed by atoms with Crippen LogP contribution in [0.5, 0.6) is 0 Å². The Morgan fingerprint density at radius 1 is 0.719 bits per heavy atom. The van der Waals surface area contributed by atoms with Gasteiger partial charge in [0.2, 0.25) is 23.6 Å². The minimum atomic E-state index is -2.62. The predicted octanol–water partition coefficient (Wildman–Crippen LogP) is -6.60. The third-order valence-corrected chi connectivity index (χ3v) is 9.46. The number of ether oxygens (including phenoxy) is 4. The lowest BCUT2D eigenvalue weighted by Crippen LogP contribution is -2.63. The Bertz CT molecular complexity index is 1890. The van der Waals surface area contributed by atoms with Crippen molar-refractivity contribution >= 4 is 47.2 Å². The number of nitrogens with one attached hydrogen (secondary N) is 4. The SMILES string of the molecule is CC(NC(=O)C(NC(=O)[C@H](O)[C@H](O)[C@@H](O[C@@H]1O[C@H](CO)[C@H](O)[C@H](O)[C@H]1O)[C@H](O)CO)C(C)O)C(=O)NC(CC(N)=O)C(=O)Nc1ccc(COC(=O)C(=O)OCc2ccccc2)cc1. The van der Waals surface area contributed by atoms with Crippen LogP contribution in [0.25, 0.3) is 0 Å². The van der Waals surface area contributed by atoms with Crippen LogP contribution >= 0.6 is 0 Å². The van der Waals surface area contributed by atoms with Crippen molar-refractivity contribution < 1.29 is 98.5 Å². The lowest BCUT2D eigenvalue weighted by Gasteiger charge is -2.42. The summed E-state index contributed by atoms with van der Waals surface area (Å²) in [6.07, 6.45) is -21.2. The number of rotatable bonds is 22. The second-order valence-electron chi connectivity index (χ2n) is 14.5. The molecular formula is C39H53N5O20. The average Bonchev–Trinajstić information content (AvgIpc) is 3.27.